The standard InChI is InChI=1S/2C10H8O6S2.3C8H17NO2.CH4O/c2*11-17(12,13)9-5-1-3-7-8(9)4-2-6-10(7)18(14,15)16;3*1-5-6-11-8(10)7(2)9(3)4;1-2/h2*1-6H,(H,11,12,13)(H,14,15,16);3*7H,5-6H2,1-4H3;2H,1H3. The van der Waals surface area contributed by atoms with E-state index in [1.807, 2.05) is 98.5 Å². The first kappa shape index (κ1) is 68.4. The van der Waals surface area contributed by atoms with Crippen LogP contribution in [0.5, 0.6) is 0 Å². The summed E-state index contributed by atoms with van der Waals surface area (Å²) in [5.41, 5.74) is 0. The van der Waals surface area contributed by atoms with Crippen LogP contribution in [0.25, 0.3) is 21.5 Å². The van der Waals surface area contributed by atoms with E-state index < -0.39 is 60.1 Å². The van der Waals surface area contributed by atoms with Crippen LogP contribution in [0.3, 0.4) is 0 Å². The molecule has 0 aliphatic carbocycles. The number of fused-ring (bicyclic) bond motifs is 2. The summed E-state index contributed by atoms with van der Waals surface area (Å²) in [6, 6.07) is 14.6. The molecule has 0 radical (unpaired) electrons. The second-order valence-corrected chi connectivity index (χ2v) is 21.1. The molecule has 22 nitrogen and oxygen atoms in total. The molecule has 0 heterocycles. The maximum atomic E-state index is 11.2. The Bertz CT molecular complexity index is 2390. The highest BCUT2D eigenvalue weighted by Gasteiger charge is 2.21. The molecule has 3 unspecified atom stereocenters. The van der Waals surface area contributed by atoms with Crippen molar-refractivity contribution in [1.29, 1.82) is 0 Å². The van der Waals surface area contributed by atoms with E-state index >= 15 is 0 Å². The average Bonchev–Trinajstić information content (AvgIpc) is 3.30. The molecule has 4 aromatic rings. The zero-order valence-corrected chi connectivity index (χ0v) is 45.6. The van der Waals surface area contributed by atoms with E-state index in [0.29, 0.717) is 19.8 Å². The summed E-state index contributed by atoms with van der Waals surface area (Å²) >= 11 is 0. The largest absolute Gasteiger partial charge is 0.465 e. The fourth-order valence-corrected chi connectivity index (χ4v) is 7.83. The summed E-state index contributed by atoms with van der Waals surface area (Å²) in [5, 5.41) is 7.09. The quantitative estimate of drug-likeness (QED) is 0.0563. The van der Waals surface area contributed by atoms with Crippen LogP contribution in [-0.4, -0.2) is 177 Å². The fraction of sp³-hybridized carbons (Fsp3) is 0.489. The molecule has 0 fully saturated rings. The number of aliphatic hydroxyl groups is 1. The van der Waals surface area contributed by atoms with Gasteiger partial charge in [-0.15, -0.1) is 0 Å². The third-order valence-corrected chi connectivity index (χ3v) is 13.1. The van der Waals surface area contributed by atoms with Gasteiger partial charge in [0.1, 0.15) is 37.7 Å². The Morgan fingerprint density at radius 1 is 0.408 bits per heavy atom. The van der Waals surface area contributed by atoms with E-state index in [9.17, 15) is 48.1 Å². The van der Waals surface area contributed by atoms with Crippen LogP contribution < -0.4 is 0 Å². The summed E-state index contributed by atoms with van der Waals surface area (Å²) in [7, 11) is -5.72. The van der Waals surface area contributed by atoms with Gasteiger partial charge in [0.2, 0.25) is 0 Å². The Kier molecular flexibility index (Phi) is 31.2. The third kappa shape index (κ3) is 24.5. The maximum absolute atomic E-state index is 11.2. The van der Waals surface area contributed by atoms with Crippen LogP contribution in [0.1, 0.15) is 60.8 Å². The lowest BCUT2D eigenvalue weighted by atomic mass is 10.1. The number of hydrogen-bond donors (Lipinski definition) is 5. The second kappa shape index (κ2) is 32.4. The molecule has 0 bridgehead atoms. The summed E-state index contributed by atoms with van der Waals surface area (Å²) in [6.07, 6.45) is 2.64. The smallest absolute Gasteiger partial charge is 0.323 e. The van der Waals surface area contributed by atoms with Crippen molar-refractivity contribution in [3.8, 4) is 0 Å². The van der Waals surface area contributed by atoms with E-state index in [-0.39, 0.29) is 57.6 Å². The topological polar surface area (TPSA) is 326 Å². The minimum atomic E-state index is -4.47. The van der Waals surface area contributed by atoms with Gasteiger partial charge in [-0.3, -0.25) is 47.3 Å². The van der Waals surface area contributed by atoms with E-state index in [1.54, 1.807) is 0 Å². The molecule has 0 spiro atoms. The number of rotatable bonds is 16. The van der Waals surface area contributed by atoms with Crippen LogP contribution in [0.2, 0.25) is 0 Å². The first-order valence-electron chi connectivity index (χ1n) is 21.6. The molecule has 0 aromatic heterocycles. The normalized spacial score (nSPS) is 12.7. The predicted octanol–water partition coefficient (Wildman–Crippen LogP) is 4.94. The molecule has 0 saturated heterocycles. The van der Waals surface area contributed by atoms with Crippen molar-refractivity contribution in [2.45, 2.75) is 98.5 Å². The zero-order chi connectivity index (χ0) is 55.7. The van der Waals surface area contributed by atoms with Crippen molar-refractivity contribution in [2.75, 3.05) is 69.2 Å². The lowest BCUT2D eigenvalue weighted by molar-refractivity contribution is -0.149. The first-order chi connectivity index (χ1) is 32.7. The Labute approximate surface area is 418 Å². The molecule has 3 atom stereocenters. The van der Waals surface area contributed by atoms with Gasteiger partial charge >= 0.3 is 17.9 Å². The summed E-state index contributed by atoms with van der Waals surface area (Å²) in [5.74, 6) is -0.425. The number of likely N-dealkylation sites (N-methyl/N-ethyl adjacent to an activating group) is 3. The van der Waals surface area contributed by atoms with Crippen LogP contribution in [0.4, 0.5) is 0 Å². The number of carbonyl (C=O) groups excluding carboxylic acids is 3. The van der Waals surface area contributed by atoms with Gasteiger partial charge in [-0.05, 0) is 107 Å². The number of benzene rings is 4. The lowest BCUT2D eigenvalue weighted by Gasteiger charge is -2.17. The molecule has 4 rings (SSSR count). The molecule has 0 aliphatic heterocycles. The van der Waals surface area contributed by atoms with Gasteiger partial charge in [0, 0.05) is 28.7 Å². The average molecular weight is 1090 g/mol. The van der Waals surface area contributed by atoms with Crippen LogP contribution in [0, 0.1) is 0 Å². The van der Waals surface area contributed by atoms with Gasteiger partial charge in [-0.25, -0.2) is 0 Å². The van der Waals surface area contributed by atoms with Gasteiger partial charge in [-0.1, -0.05) is 69.3 Å². The number of hydrogen-bond acceptors (Lipinski definition) is 18. The number of nitrogens with zero attached hydrogens (tertiary/aromatic N) is 3. The van der Waals surface area contributed by atoms with Gasteiger partial charge in [0.15, 0.2) is 0 Å². The molecule has 4 aromatic carbocycles. The van der Waals surface area contributed by atoms with Gasteiger partial charge < -0.3 is 19.3 Å². The molecule has 0 amide bonds. The van der Waals surface area contributed by atoms with Crippen LogP contribution >= 0.6 is 0 Å². The third-order valence-electron chi connectivity index (χ3n) is 9.49. The molecule has 0 aliphatic rings. The van der Waals surface area contributed by atoms with E-state index in [0.717, 1.165) is 50.6 Å². The van der Waals surface area contributed by atoms with Crippen molar-refractivity contribution < 1.29 is 85.6 Å². The lowest BCUT2D eigenvalue weighted by Crippen LogP contribution is -2.34. The molecule has 71 heavy (non-hydrogen) atoms. The fourth-order valence-electron chi connectivity index (χ4n) is 5.01. The Morgan fingerprint density at radius 2 is 0.577 bits per heavy atom. The van der Waals surface area contributed by atoms with Gasteiger partial charge in [-0.2, -0.15) is 33.7 Å². The molecule has 0 saturated carbocycles. The van der Waals surface area contributed by atoms with E-state index in [1.165, 1.54) is 48.5 Å². The zero-order valence-electron chi connectivity index (χ0n) is 42.3. The van der Waals surface area contributed by atoms with Gasteiger partial charge in [0.05, 0.1) is 19.8 Å². The molecule has 5 N–H and O–H groups in total. The summed E-state index contributed by atoms with van der Waals surface area (Å²) in [6.45, 7) is 13.0. The minimum absolute atomic E-state index is 0.0233. The maximum Gasteiger partial charge on any atom is 0.323 e. The molecular formula is C45H71N3O19S4. The second-order valence-electron chi connectivity index (χ2n) is 15.5. The SMILES string of the molecule is CCCOC(=O)C(C)N(C)C.CCCOC(=O)C(C)N(C)C.CCCOC(=O)C(C)N(C)C.CO.O=S(=O)(O)c1cccc2c(S(=O)(=O)O)cccc12.O=S(=O)(O)c1cccc2c(S(=O)(=O)O)cccc12. The van der Waals surface area contributed by atoms with Gasteiger partial charge in [0.25, 0.3) is 40.5 Å². The van der Waals surface area contributed by atoms with Crippen molar-refractivity contribution in [3.63, 3.8) is 0 Å². The monoisotopic (exact) mass is 1090 g/mol. The van der Waals surface area contributed by atoms with Crippen molar-refractivity contribution in [2.24, 2.45) is 0 Å². The van der Waals surface area contributed by atoms with Crippen molar-refractivity contribution >= 4 is 79.9 Å². The Balaban J connectivity index is 0. The summed E-state index contributed by atoms with van der Waals surface area (Å²) < 4.78 is 140. The number of ether oxygens (including phenoxy) is 3. The number of aliphatic hydroxyl groups excluding tert-OH is 1. The number of carbonyl (C=O) groups is 3. The highest BCUT2D eigenvalue weighted by molar-refractivity contribution is 7.87. The minimum Gasteiger partial charge on any atom is -0.465 e. The molecular weight excluding hydrogens is 1010 g/mol. The van der Waals surface area contributed by atoms with Crippen LogP contribution in [0.15, 0.2) is 92.4 Å². The highest BCUT2D eigenvalue weighted by Crippen LogP contribution is 2.29. The van der Waals surface area contributed by atoms with E-state index in [2.05, 4.69) is 0 Å². The van der Waals surface area contributed by atoms with Crippen molar-refractivity contribution in [1.82, 2.24) is 14.7 Å². The first-order valence-corrected chi connectivity index (χ1v) is 27.3. The summed E-state index contributed by atoms with van der Waals surface area (Å²) in [4.78, 5) is 37.1. The predicted molar refractivity (Wildman–Crippen MR) is 268 cm³/mol. The molecule has 26 heteroatoms. The Morgan fingerprint density at radius 3 is 0.704 bits per heavy atom. The van der Waals surface area contributed by atoms with Crippen molar-refractivity contribution in [3.05, 3.63) is 72.8 Å². The highest BCUT2D eigenvalue weighted by atomic mass is 32.2. The Hall–Kier alpha value is -4.71. The van der Waals surface area contributed by atoms with E-state index in [4.69, 9.17) is 37.5 Å². The van der Waals surface area contributed by atoms with Crippen LogP contribution in [-0.2, 0) is 69.1 Å². The molecule has 404 valence electrons. The number of esters is 3.